The van der Waals surface area contributed by atoms with Crippen molar-refractivity contribution in [3.63, 3.8) is 0 Å². The molecular weight excluding hydrogens is 405 g/mol. The summed E-state index contributed by atoms with van der Waals surface area (Å²) in [7, 11) is -1.36. The fourth-order valence-corrected chi connectivity index (χ4v) is 2.92. The first kappa shape index (κ1) is 24.4. The van der Waals surface area contributed by atoms with Gasteiger partial charge in [0, 0.05) is 12.8 Å². The lowest BCUT2D eigenvalue weighted by molar-refractivity contribution is -0.161. The number of carbonyl (C=O) groups is 4. The van der Waals surface area contributed by atoms with Gasteiger partial charge in [-0.05, 0) is 52.2 Å². The van der Waals surface area contributed by atoms with E-state index < -0.39 is 37.2 Å². The van der Waals surface area contributed by atoms with Crippen molar-refractivity contribution in [2.45, 2.75) is 59.3 Å². The highest BCUT2D eigenvalue weighted by molar-refractivity contribution is 6.47. The van der Waals surface area contributed by atoms with Gasteiger partial charge in [-0.15, -0.1) is 0 Å². The van der Waals surface area contributed by atoms with E-state index in [9.17, 15) is 24.2 Å². The number of ketones is 1. The summed E-state index contributed by atoms with van der Waals surface area (Å²) in [6.07, 6.45) is 1.15. The van der Waals surface area contributed by atoms with Crippen molar-refractivity contribution in [3.05, 3.63) is 29.3 Å². The number of esters is 2. The molecule has 0 aromatic heterocycles. The predicted molar refractivity (Wildman–Crippen MR) is 111 cm³/mol. The Morgan fingerprint density at radius 2 is 1.90 bits per heavy atom. The van der Waals surface area contributed by atoms with Crippen LogP contribution in [0.5, 0.6) is 5.75 Å². The summed E-state index contributed by atoms with van der Waals surface area (Å²) in [6, 6.07) is 4.82. The summed E-state index contributed by atoms with van der Waals surface area (Å²) in [5.41, 5.74) is -0.0353. The van der Waals surface area contributed by atoms with Crippen LogP contribution in [-0.2, 0) is 30.3 Å². The number of rotatable bonds is 8. The van der Waals surface area contributed by atoms with Crippen LogP contribution in [0.15, 0.2) is 18.2 Å². The molecule has 0 aliphatic carbocycles. The standard InChI is InChI=1S/C21H28BNO8/c1-13(24)7-5-10-17(25)23-16-11-14-8-6-9-15(18(14)31-22(16)28)19(26)29-12-30-20(27)21(2,3)4/h6,8-9,16,28H,5,7,10-12H2,1-4H3,(H,23,25). The molecule has 0 saturated carbocycles. The summed E-state index contributed by atoms with van der Waals surface area (Å²) >= 11 is 0. The molecule has 0 spiro atoms. The van der Waals surface area contributed by atoms with Gasteiger partial charge in [-0.2, -0.15) is 0 Å². The molecule has 168 valence electrons. The lowest BCUT2D eigenvalue weighted by Crippen LogP contribution is -2.53. The van der Waals surface area contributed by atoms with Crippen LogP contribution in [0.1, 0.15) is 62.9 Å². The van der Waals surface area contributed by atoms with Gasteiger partial charge in [-0.3, -0.25) is 9.59 Å². The lowest BCUT2D eigenvalue weighted by atomic mass is 9.72. The number of Topliss-reactive ketones (excluding diaryl/α,β-unsaturated/α-hetero) is 1. The molecule has 1 aromatic carbocycles. The molecule has 1 atom stereocenters. The summed E-state index contributed by atoms with van der Waals surface area (Å²) in [4.78, 5) is 47.2. The molecule has 1 heterocycles. The summed E-state index contributed by atoms with van der Waals surface area (Å²) in [5, 5.41) is 13.0. The minimum absolute atomic E-state index is 0.00958. The first-order valence-corrected chi connectivity index (χ1v) is 10.1. The van der Waals surface area contributed by atoms with E-state index in [-0.39, 0.29) is 35.8 Å². The van der Waals surface area contributed by atoms with Crippen LogP contribution in [0.4, 0.5) is 0 Å². The van der Waals surface area contributed by atoms with E-state index in [4.69, 9.17) is 14.1 Å². The highest BCUT2D eigenvalue weighted by Crippen LogP contribution is 2.30. The third kappa shape index (κ3) is 7.10. The topological polar surface area (TPSA) is 128 Å². The Balaban J connectivity index is 1.98. The zero-order valence-corrected chi connectivity index (χ0v) is 18.2. The second-order valence-electron chi connectivity index (χ2n) is 8.47. The Hall–Kier alpha value is -2.88. The molecule has 1 amide bonds. The van der Waals surface area contributed by atoms with Gasteiger partial charge in [0.05, 0.1) is 11.4 Å². The highest BCUT2D eigenvalue weighted by atomic mass is 16.7. The first-order valence-electron chi connectivity index (χ1n) is 10.1. The van der Waals surface area contributed by atoms with Crippen LogP contribution in [0, 0.1) is 5.41 Å². The van der Waals surface area contributed by atoms with E-state index in [0.717, 1.165) is 0 Å². The maximum absolute atomic E-state index is 12.4. The zero-order chi connectivity index (χ0) is 23.2. The Morgan fingerprint density at radius 1 is 1.19 bits per heavy atom. The number of fused-ring (bicyclic) bond motifs is 1. The van der Waals surface area contributed by atoms with Crippen LogP contribution < -0.4 is 9.97 Å². The van der Waals surface area contributed by atoms with Gasteiger partial charge < -0.3 is 29.3 Å². The second kappa shape index (κ2) is 10.4. The van der Waals surface area contributed by atoms with Crippen molar-refractivity contribution in [2.24, 2.45) is 5.41 Å². The molecule has 1 aliphatic heterocycles. The van der Waals surface area contributed by atoms with Gasteiger partial charge in [-0.25, -0.2) is 4.79 Å². The predicted octanol–water partition coefficient (Wildman–Crippen LogP) is 1.59. The third-order valence-corrected chi connectivity index (χ3v) is 4.61. The number of nitrogens with one attached hydrogen (secondary N) is 1. The number of benzene rings is 1. The average molecular weight is 433 g/mol. The van der Waals surface area contributed by atoms with E-state index >= 15 is 0 Å². The molecule has 0 saturated heterocycles. The molecule has 0 radical (unpaired) electrons. The number of hydrogen-bond acceptors (Lipinski definition) is 8. The van der Waals surface area contributed by atoms with E-state index in [2.05, 4.69) is 5.32 Å². The maximum Gasteiger partial charge on any atom is 0.547 e. The van der Waals surface area contributed by atoms with Crippen molar-refractivity contribution < 1.29 is 38.3 Å². The Bertz CT molecular complexity index is 848. The Morgan fingerprint density at radius 3 is 2.55 bits per heavy atom. The van der Waals surface area contributed by atoms with Gasteiger partial charge in [-0.1, -0.05) is 12.1 Å². The molecule has 10 heteroatoms. The number of ether oxygens (including phenoxy) is 2. The number of hydrogen-bond donors (Lipinski definition) is 2. The van der Waals surface area contributed by atoms with Gasteiger partial charge in [0.25, 0.3) is 0 Å². The number of carbonyl (C=O) groups excluding carboxylic acids is 4. The lowest BCUT2D eigenvalue weighted by Gasteiger charge is -2.29. The van der Waals surface area contributed by atoms with Crippen LogP contribution in [0.25, 0.3) is 0 Å². The molecule has 1 aromatic rings. The summed E-state index contributed by atoms with van der Waals surface area (Å²) in [5.74, 6) is -2.11. The monoisotopic (exact) mass is 433 g/mol. The van der Waals surface area contributed by atoms with Crippen LogP contribution >= 0.6 is 0 Å². The third-order valence-electron chi connectivity index (χ3n) is 4.61. The fourth-order valence-electron chi connectivity index (χ4n) is 2.92. The normalized spacial score (nSPS) is 15.4. The first-order chi connectivity index (χ1) is 14.5. The van der Waals surface area contributed by atoms with E-state index in [1.54, 1.807) is 32.9 Å². The highest BCUT2D eigenvalue weighted by Gasteiger charge is 2.38. The molecule has 1 unspecified atom stereocenters. The zero-order valence-electron chi connectivity index (χ0n) is 18.2. The van der Waals surface area contributed by atoms with Gasteiger partial charge in [0.15, 0.2) is 0 Å². The molecule has 0 bridgehead atoms. The molecule has 9 nitrogen and oxygen atoms in total. The summed E-state index contributed by atoms with van der Waals surface area (Å²) in [6.45, 7) is 5.96. The molecule has 2 rings (SSSR count). The minimum Gasteiger partial charge on any atom is -0.534 e. The Labute approximate surface area is 181 Å². The minimum atomic E-state index is -1.36. The molecule has 31 heavy (non-hydrogen) atoms. The van der Waals surface area contributed by atoms with Crippen LogP contribution in [-0.4, -0.2) is 48.5 Å². The SMILES string of the molecule is CC(=O)CCCC(=O)NC1Cc2cccc(C(=O)OCOC(=O)C(C)(C)C)c2OB1O. The number of para-hydroxylation sites is 1. The smallest absolute Gasteiger partial charge is 0.534 e. The van der Waals surface area contributed by atoms with Gasteiger partial charge in [0.2, 0.25) is 12.7 Å². The van der Waals surface area contributed by atoms with Crippen LogP contribution in [0.3, 0.4) is 0 Å². The molecule has 2 N–H and O–H groups in total. The van der Waals surface area contributed by atoms with Crippen molar-refractivity contribution in [3.8, 4) is 5.75 Å². The Kier molecular flexibility index (Phi) is 8.21. The molecule has 0 fully saturated rings. The van der Waals surface area contributed by atoms with Gasteiger partial charge in [0.1, 0.15) is 17.1 Å². The van der Waals surface area contributed by atoms with Crippen molar-refractivity contribution in [1.29, 1.82) is 0 Å². The van der Waals surface area contributed by atoms with E-state index in [1.807, 2.05) is 0 Å². The maximum atomic E-state index is 12.4. The fraction of sp³-hybridized carbons (Fsp3) is 0.524. The van der Waals surface area contributed by atoms with E-state index in [1.165, 1.54) is 13.0 Å². The largest absolute Gasteiger partial charge is 0.547 e. The van der Waals surface area contributed by atoms with Crippen molar-refractivity contribution >= 4 is 30.7 Å². The molecular formula is C21H28BNO8. The number of amides is 1. The van der Waals surface area contributed by atoms with E-state index in [0.29, 0.717) is 18.4 Å². The second-order valence-corrected chi connectivity index (χ2v) is 8.47. The van der Waals surface area contributed by atoms with Crippen molar-refractivity contribution in [1.82, 2.24) is 5.32 Å². The summed E-state index contributed by atoms with van der Waals surface area (Å²) < 4.78 is 15.4. The quantitative estimate of drug-likeness (QED) is 0.359. The average Bonchev–Trinajstić information content (AvgIpc) is 2.66. The van der Waals surface area contributed by atoms with Crippen LogP contribution in [0.2, 0.25) is 0 Å². The van der Waals surface area contributed by atoms with Crippen molar-refractivity contribution in [2.75, 3.05) is 6.79 Å². The van der Waals surface area contributed by atoms with Gasteiger partial charge >= 0.3 is 19.1 Å². The molecule has 1 aliphatic rings.